The molecule has 2 saturated heterocycles. The molecule has 4 rings (SSSR count). The summed E-state index contributed by atoms with van der Waals surface area (Å²) >= 11 is 0. The van der Waals surface area contributed by atoms with Crippen molar-refractivity contribution in [2.75, 3.05) is 39.5 Å². The lowest BCUT2D eigenvalue weighted by molar-refractivity contribution is -0.195. The SMILES string of the molecule is C1=CCC(C2CCC3(CC2)OCC(CN2CCOCC2)O3)C=C1.I. The number of morpholine rings is 1. The summed E-state index contributed by atoms with van der Waals surface area (Å²) in [7, 11) is 0. The highest BCUT2D eigenvalue weighted by atomic mass is 127. The Hall–Kier alpha value is 0.0500. The molecule has 0 amide bonds. The highest BCUT2D eigenvalue weighted by molar-refractivity contribution is 14.0. The van der Waals surface area contributed by atoms with Crippen LogP contribution in [0.4, 0.5) is 0 Å². The number of halogens is 1. The molecule has 3 fully saturated rings. The third-order valence-electron chi connectivity index (χ3n) is 5.89. The van der Waals surface area contributed by atoms with Gasteiger partial charge < -0.3 is 14.2 Å². The number of allylic oxidation sites excluding steroid dienone is 4. The molecule has 0 radical (unpaired) electrons. The van der Waals surface area contributed by atoms with Crippen LogP contribution in [0.15, 0.2) is 24.3 Å². The van der Waals surface area contributed by atoms with E-state index >= 15 is 0 Å². The highest BCUT2D eigenvalue weighted by Crippen LogP contribution is 2.43. The molecule has 2 heterocycles. The van der Waals surface area contributed by atoms with Gasteiger partial charge in [-0.15, -0.1) is 24.0 Å². The van der Waals surface area contributed by atoms with E-state index in [0.29, 0.717) is 0 Å². The Kier molecular flexibility index (Phi) is 6.77. The first-order chi connectivity index (χ1) is 11.3. The third kappa shape index (κ3) is 4.41. The number of rotatable bonds is 3. The van der Waals surface area contributed by atoms with Gasteiger partial charge in [0.25, 0.3) is 0 Å². The van der Waals surface area contributed by atoms with Crippen molar-refractivity contribution in [3.05, 3.63) is 24.3 Å². The highest BCUT2D eigenvalue weighted by Gasteiger charge is 2.45. The van der Waals surface area contributed by atoms with Crippen LogP contribution in [0.1, 0.15) is 32.1 Å². The lowest BCUT2D eigenvalue weighted by Gasteiger charge is -2.38. The summed E-state index contributed by atoms with van der Waals surface area (Å²) in [5.41, 5.74) is 0. The van der Waals surface area contributed by atoms with Crippen molar-refractivity contribution in [3.8, 4) is 0 Å². The largest absolute Gasteiger partial charge is 0.379 e. The van der Waals surface area contributed by atoms with Gasteiger partial charge in [-0.05, 0) is 31.1 Å². The van der Waals surface area contributed by atoms with E-state index in [4.69, 9.17) is 14.2 Å². The van der Waals surface area contributed by atoms with Crippen LogP contribution < -0.4 is 0 Å². The van der Waals surface area contributed by atoms with Crippen LogP contribution in [0.3, 0.4) is 0 Å². The molecule has 2 atom stereocenters. The van der Waals surface area contributed by atoms with E-state index in [2.05, 4.69) is 29.2 Å². The molecule has 24 heavy (non-hydrogen) atoms. The summed E-state index contributed by atoms with van der Waals surface area (Å²) < 4.78 is 18.0. The van der Waals surface area contributed by atoms with Crippen molar-refractivity contribution >= 4 is 24.0 Å². The predicted octanol–water partition coefficient (Wildman–Crippen LogP) is 3.37. The van der Waals surface area contributed by atoms with Crippen LogP contribution in [-0.4, -0.2) is 56.2 Å². The Morgan fingerprint density at radius 1 is 1.08 bits per heavy atom. The molecular formula is C19H30INO3. The molecule has 0 N–H and O–H groups in total. The van der Waals surface area contributed by atoms with E-state index < -0.39 is 0 Å². The average Bonchev–Trinajstić information content (AvgIpc) is 2.99. The summed E-state index contributed by atoms with van der Waals surface area (Å²) in [5, 5.41) is 0. The van der Waals surface area contributed by atoms with E-state index in [1.807, 2.05) is 0 Å². The molecule has 1 saturated carbocycles. The van der Waals surface area contributed by atoms with Crippen LogP contribution in [0.5, 0.6) is 0 Å². The zero-order valence-corrected chi connectivity index (χ0v) is 16.7. The van der Waals surface area contributed by atoms with Gasteiger partial charge in [0.15, 0.2) is 5.79 Å². The van der Waals surface area contributed by atoms with Gasteiger partial charge in [-0.25, -0.2) is 0 Å². The molecule has 4 aliphatic rings. The van der Waals surface area contributed by atoms with Gasteiger partial charge in [-0.2, -0.15) is 0 Å². The molecule has 0 aromatic heterocycles. The Morgan fingerprint density at radius 3 is 2.58 bits per heavy atom. The van der Waals surface area contributed by atoms with Crippen LogP contribution in [-0.2, 0) is 14.2 Å². The summed E-state index contributed by atoms with van der Waals surface area (Å²) in [5.74, 6) is 1.25. The van der Waals surface area contributed by atoms with Crippen LogP contribution in [0, 0.1) is 11.8 Å². The minimum Gasteiger partial charge on any atom is -0.379 e. The fraction of sp³-hybridized carbons (Fsp3) is 0.789. The molecule has 136 valence electrons. The maximum Gasteiger partial charge on any atom is 0.168 e. The van der Waals surface area contributed by atoms with E-state index in [1.165, 1.54) is 19.3 Å². The molecular weight excluding hydrogens is 417 g/mol. The number of hydrogen-bond acceptors (Lipinski definition) is 4. The second-order valence-electron chi connectivity index (χ2n) is 7.42. The molecule has 0 aromatic rings. The first-order valence-corrected chi connectivity index (χ1v) is 9.28. The maximum atomic E-state index is 6.39. The summed E-state index contributed by atoms with van der Waals surface area (Å²) in [6, 6.07) is 0. The number of hydrogen-bond donors (Lipinski definition) is 0. The van der Waals surface area contributed by atoms with Crippen molar-refractivity contribution in [1.29, 1.82) is 0 Å². The summed E-state index contributed by atoms with van der Waals surface area (Å²) in [4.78, 5) is 2.45. The molecule has 2 unspecified atom stereocenters. The molecule has 0 aromatic carbocycles. The number of nitrogens with zero attached hydrogens (tertiary/aromatic N) is 1. The van der Waals surface area contributed by atoms with Crippen molar-refractivity contribution in [1.82, 2.24) is 4.90 Å². The van der Waals surface area contributed by atoms with Crippen molar-refractivity contribution in [2.45, 2.75) is 44.0 Å². The average molecular weight is 447 g/mol. The summed E-state index contributed by atoms with van der Waals surface area (Å²) in [6.07, 6.45) is 15.1. The minimum absolute atomic E-state index is 0. The lowest BCUT2D eigenvalue weighted by atomic mass is 9.75. The van der Waals surface area contributed by atoms with Gasteiger partial charge in [-0.3, -0.25) is 4.90 Å². The van der Waals surface area contributed by atoms with E-state index in [0.717, 1.165) is 64.1 Å². The normalized spacial score (nSPS) is 39.9. The van der Waals surface area contributed by atoms with E-state index in [1.54, 1.807) is 0 Å². The fourth-order valence-electron chi connectivity index (χ4n) is 4.50. The van der Waals surface area contributed by atoms with Gasteiger partial charge in [-0.1, -0.05) is 24.3 Å². The minimum atomic E-state index is -0.276. The zero-order chi connectivity index (χ0) is 15.5. The van der Waals surface area contributed by atoms with Crippen LogP contribution >= 0.6 is 24.0 Å². The molecule has 2 aliphatic heterocycles. The fourth-order valence-corrected chi connectivity index (χ4v) is 4.50. The maximum absolute atomic E-state index is 6.39. The van der Waals surface area contributed by atoms with Crippen molar-refractivity contribution < 1.29 is 14.2 Å². The summed E-state index contributed by atoms with van der Waals surface area (Å²) in [6.45, 7) is 5.50. The second-order valence-corrected chi connectivity index (χ2v) is 7.42. The Bertz CT molecular complexity index is 454. The van der Waals surface area contributed by atoms with Crippen LogP contribution in [0.2, 0.25) is 0 Å². The van der Waals surface area contributed by atoms with Crippen molar-refractivity contribution in [3.63, 3.8) is 0 Å². The topological polar surface area (TPSA) is 30.9 Å². The second kappa shape index (κ2) is 8.62. The predicted molar refractivity (Wildman–Crippen MR) is 105 cm³/mol. The molecule has 5 heteroatoms. The monoisotopic (exact) mass is 447 g/mol. The first-order valence-electron chi connectivity index (χ1n) is 9.28. The molecule has 0 bridgehead atoms. The van der Waals surface area contributed by atoms with Gasteiger partial charge in [0.05, 0.1) is 25.9 Å². The van der Waals surface area contributed by atoms with Gasteiger partial charge >= 0.3 is 0 Å². The zero-order valence-electron chi connectivity index (χ0n) is 14.4. The Morgan fingerprint density at radius 2 is 1.88 bits per heavy atom. The van der Waals surface area contributed by atoms with Crippen molar-refractivity contribution in [2.24, 2.45) is 11.8 Å². The Labute approximate surface area is 162 Å². The molecule has 1 spiro atoms. The Balaban J connectivity index is 0.00000169. The van der Waals surface area contributed by atoms with E-state index in [9.17, 15) is 0 Å². The first kappa shape index (κ1) is 18.8. The smallest absolute Gasteiger partial charge is 0.168 e. The van der Waals surface area contributed by atoms with Gasteiger partial charge in [0, 0.05) is 32.5 Å². The van der Waals surface area contributed by atoms with Gasteiger partial charge in [0.1, 0.15) is 0 Å². The standard InChI is InChI=1S/C19H29NO3.HI/c1-2-4-16(5-3-1)17-6-8-19(9-7-17)22-15-18(23-19)14-20-10-12-21-13-11-20;/h1-4,16-18H,5-15H2;1H. The third-order valence-corrected chi connectivity index (χ3v) is 5.89. The van der Waals surface area contributed by atoms with Crippen LogP contribution in [0.25, 0.3) is 0 Å². The lowest BCUT2D eigenvalue weighted by Crippen LogP contribution is -2.43. The quantitative estimate of drug-likeness (QED) is 0.621. The molecule has 2 aliphatic carbocycles. The molecule has 4 nitrogen and oxygen atoms in total. The van der Waals surface area contributed by atoms with Gasteiger partial charge in [0.2, 0.25) is 0 Å². The van der Waals surface area contributed by atoms with E-state index in [-0.39, 0.29) is 35.9 Å². The number of ether oxygens (including phenoxy) is 3.